The van der Waals surface area contributed by atoms with E-state index in [-0.39, 0.29) is 18.7 Å². The van der Waals surface area contributed by atoms with Crippen molar-refractivity contribution in [1.29, 1.82) is 0 Å². The molecule has 0 bridgehead atoms. The first-order chi connectivity index (χ1) is 15.2. The molecule has 162 valence electrons. The Morgan fingerprint density at radius 1 is 1.16 bits per heavy atom. The number of furan rings is 1. The number of hydrogen-bond donors (Lipinski definition) is 1. The highest BCUT2D eigenvalue weighted by Crippen LogP contribution is 2.42. The van der Waals surface area contributed by atoms with Crippen LogP contribution in [0, 0.1) is 0 Å². The first kappa shape index (κ1) is 20.1. The van der Waals surface area contributed by atoms with E-state index < -0.39 is 0 Å². The Kier molecular flexibility index (Phi) is 5.67. The summed E-state index contributed by atoms with van der Waals surface area (Å²) in [4.78, 5) is 16.4. The molecule has 2 aromatic heterocycles. The standard InChI is InChI=1S/C23H24N2O5S/c1-2-16-13-17(23(31-16)24-22(26)19-4-3-9-28-19)21(25-7-10-27-11-8-25)15-5-6-18-20(12-15)30-14-29-18/h3-6,9,12-13,21H,2,7-8,10-11,14H2,1H3,(H,24,26)/t21-/m1/s1. The quantitative estimate of drug-likeness (QED) is 0.616. The Morgan fingerprint density at radius 2 is 2.00 bits per heavy atom. The second-order valence-electron chi connectivity index (χ2n) is 7.45. The monoisotopic (exact) mass is 440 g/mol. The average Bonchev–Trinajstić information content (AvgIpc) is 3.56. The summed E-state index contributed by atoms with van der Waals surface area (Å²) >= 11 is 1.61. The van der Waals surface area contributed by atoms with Crippen LogP contribution in [0.1, 0.15) is 39.5 Å². The summed E-state index contributed by atoms with van der Waals surface area (Å²) in [7, 11) is 0. The number of hydrogen-bond acceptors (Lipinski definition) is 7. The molecule has 1 fully saturated rings. The number of benzene rings is 1. The summed E-state index contributed by atoms with van der Waals surface area (Å²) in [5.74, 6) is 1.56. The lowest BCUT2D eigenvalue weighted by Gasteiger charge is -2.35. The van der Waals surface area contributed by atoms with Crippen LogP contribution in [-0.2, 0) is 11.2 Å². The van der Waals surface area contributed by atoms with Crippen LogP contribution in [0.3, 0.4) is 0 Å². The van der Waals surface area contributed by atoms with Gasteiger partial charge in [-0.2, -0.15) is 0 Å². The summed E-state index contributed by atoms with van der Waals surface area (Å²) in [6.45, 7) is 5.34. The van der Waals surface area contributed by atoms with Crippen LogP contribution in [0.15, 0.2) is 47.1 Å². The lowest BCUT2D eigenvalue weighted by Crippen LogP contribution is -2.39. The van der Waals surface area contributed by atoms with E-state index in [1.54, 1.807) is 23.5 Å². The van der Waals surface area contributed by atoms with Crippen molar-refractivity contribution < 1.29 is 23.4 Å². The topological polar surface area (TPSA) is 73.2 Å². The number of thiophene rings is 1. The number of carbonyl (C=O) groups excluding carboxylic acids is 1. The Hall–Kier alpha value is -2.81. The van der Waals surface area contributed by atoms with Gasteiger partial charge in [-0.3, -0.25) is 9.69 Å². The van der Waals surface area contributed by atoms with Gasteiger partial charge in [0.1, 0.15) is 5.00 Å². The third-order valence-electron chi connectivity index (χ3n) is 5.55. The maximum atomic E-state index is 12.7. The van der Waals surface area contributed by atoms with Crippen LogP contribution in [0.4, 0.5) is 5.00 Å². The normalized spacial score (nSPS) is 16.9. The number of rotatable bonds is 6. The summed E-state index contributed by atoms with van der Waals surface area (Å²) < 4.78 is 22.0. The number of nitrogens with one attached hydrogen (secondary N) is 1. The number of carbonyl (C=O) groups is 1. The molecule has 0 radical (unpaired) electrons. The van der Waals surface area contributed by atoms with Gasteiger partial charge in [-0.15, -0.1) is 11.3 Å². The Balaban J connectivity index is 1.55. The molecule has 1 N–H and O–H groups in total. The van der Waals surface area contributed by atoms with Crippen molar-refractivity contribution >= 4 is 22.2 Å². The molecule has 0 saturated carbocycles. The van der Waals surface area contributed by atoms with Gasteiger partial charge in [0.2, 0.25) is 6.79 Å². The molecule has 1 atom stereocenters. The molecule has 1 amide bonds. The molecule has 31 heavy (non-hydrogen) atoms. The van der Waals surface area contributed by atoms with Crippen molar-refractivity contribution in [3.63, 3.8) is 0 Å². The molecule has 1 saturated heterocycles. The molecule has 8 heteroatoms. The molecular weight excluding hydrogens is 416 g/mol. The zero-order chi connectivity index (χ0) is 21.2. The Labute approximate surface area is 184 Å². The highest BCUT2D eigenvalue weighted by molar-refractivity contribution is 7.16. The number of morpholine rings is 1. The van der Waals surface area contributed by atoms with Gasteiger partial charge in [-0.25, -0.2) is 0 Å². The smallest absolute Gasteiger partial charge is 0.291 e. The summed E-state index contributed by atoms with van der Waals surface area (Å²) in [6.07, 6.45) is 2.40. The number of anilines is 1. The van der Waals surface area contributed by atoms with E-state index in [0.717, 1.165) is 47.1 Å². The molecule has 3 aromatic rings. The van der Waals surface area contributed by atoms with Crippen molar-refractivity contribution in [3.8, 4) is 11.5 Å². The molecule has 2 aliphatic rings. The van der Waals surface area contributed by atoms with Gasteiger partial charge in [0.05, 0.1) is 25.5 Å². The van der Waals surface area contributed by atoms with E-state index >= 15 is 0 Å². The molecule has 4 heterocycles. The SMILES string of the molecule is CCc1cc([C@@H](c2ccc3c(c2)OCO3)N2CCOCC2)c(NC(=O)c2ccco2)s1. The second kappa shape index (κ2) is 8.74. The first-order valence-electron chi connectivity index (χ1n) is 10.4. The summed E-state index contributed by atoms with van der Waals surface area (Å²) in [5, 5.41) is 3.92. The van der Waals surface area contributed by atoms with Crippen LogP contribution >= 0.6 is 11.3 Å². The van der Waals surface area contributed by atoms with E-state index in [0.29, 0.717) is 19.0 Å². The van der Waals surface area contributed by atoms with Gasteiger partial charge in [0.25, 0.3) is 5.91 Å². The summed E-state index contributed by atoms with van der Waals surface area (Å²) in [5.41, 5.74) is 2.17. The van der Waals surface area contributed by atoms with Crippen LogP contribution < -0.4 is 14.8 Å². The largest absolute Gasteiger partial charge is 0.459 e. The molecule has 2 aliphatic heterocycles. The fourth-order valence-electron chi connectivity index (χ4n) is 4.01. The lowest BCUT2D eigenvalue weighted by molar-refractivity contribution is 0.0241. The third kappa shape index (κ3) is 4.06. The molecule has 7 nitrogen and oxygen atoms in total. The fraction of sp³-hybridized carbons (Fsp3) is 0.348. The van der Waals surface area contributed by atoms with Crippen molar-refractivity contribution in [2.75, 3.05) is 38.4 Å². The number of nitrogens with zero attached hydrogens (tertiary/aromatic N) is 1. The maximum absolute atomic E-state index is 12.7. The van der Waals surface area contributed by atoms with Gasteiger partial charge < -0.3 is 23.9 Å². The minimum absolute atomic E-state index is 0.0400. The highest BCUT2D eigenvalue weighted by Gasteiger charge is 2.30. The molecule has 0 spiro atoms. The fourth-order valence-corrected chi connectivity index (χ4v) is 5.04. The zero-order valence-corrected chi connectivity index (χ0v) is 18.1. The molecule has 5 rings (SSSR count). The van der Waals surface area contributed by atoms with Gasteiger partial charge in [0.15, 0.2) is 17.3 Å². The summed E-state index contributed by atoms with van der Waals surface area (Å²) in [6, 6.07) is 11.6. The molecule has 0 unspecified atom stereocenters. The van der Waals surface area contributed by atoms with E-state index in [1.807, 2.05) is 12.1 Å². The van der Waals surface area contributed by atoms with E-state index in [4.69, 9.17) is 18.6 Å². The van der Waals surface area contributed by atoms with E-state index in [1.165, 1.54) is 11.1 Å². The van der Waals surface area contributed by atoms with Crippen LogP contribution in [-0.4, -0.2) is 43.9 Å². The highest BCUT2D eigenvalue weighted by atomic mass is 32.1. The van der Waals surface area contributed by atoms with Gasteiger partial charge in [-0.1, -0.05) is 13.0 Å². The first-order valence-corrected chi connectivity index (χ1v) is 11.2. The minimum Gasteiger partial charge on any atom is -0.459 e. The number of aryl methyl sites for hydroxylation is 1. The Bertz CT molecular complexity index is 1060. The lowest BCUT2D eigenvalue weighted by atomic mass is 9.97. The van der Waals surface area contributed by atoms with Crippen LogP contribution in [0.2, 0.25) is 0 Å². The van der Waals surface area contributed by atoms with Gasteiger partial charge >= 0.3 is 0 Å². The number of fused-ring (bicyclic) bond motifs is 1. The number of ether oxygens (including phenoxy) is 3. The average molecular weight is 441 g/mol. The third-order valence-corrected chi connectivity index (χ3v) is 6.76. The second-order valence-corrected chi connectivity index (χ2v) is 8.58. The predicted molar refractivity (Wildman–Crippen MR) is 117 cm³/mol. The van der Waals surface area contributed by atoms with Gasteiger partial charge in [0, 0.05) is 23.5 Å². The van der Waals surface area contributed by atoms with Crippen LogP contribution in [0.5, 0.6) is 11.5 Å². The number of amides is 1. The van der Waals surface area contributed by atoms with Crippen molar-refractivity contribution in [2.24, 2.45) is 0 Å². The predicted octanol–water partition coefficient (Wildman–Crippen LogP) is 4.31. The van der Waals surface area contributed by atoms with Gasteiger partial charge in [-0.05, 0) is 42.3 Å². The van der Waals surface area contributed by atoms with E-state index in [9.17, 15) is 4.79 Å². The van der Waals surface area contributed by atoms with E-state index in [2.05, 4.69) is 29.3 Å². The maximum Gasteiger partial charge on any atom is 0.291 e. The van der Waals surface area contributed by atoms with Crippen molar-refractivity contribution in [1.82, 2.24) is 4.90 Å². The Morgan fingerprint density at radius 3 is 2.77 bits per heavy atom. The molecule has 0 aliphatic carbocycles. The van der Waals surface area contributed by atoms with Crippen molar-refractivity contribution in [3.05, 3.63) is 64.4 Å². The zero-order valence-electron chi connectivity index (χ0n) is 17.3. The molecule has 1 aromatic carbocycles. The molecular formula is C23H24N2O5S. The minimum atomic E-state index is -0.248. The van der Waals surface area contributed by atoms with Crippen LogP contribution in [0.25, 0.3) is 0 Å². The van der Waals surface area contributed by atoms with Crippen molar-refractivity contribution in [2.45, 2.75) is 19.4 Å².